The monoisotopic (exact) mass is 467 g/mol. The summed E-state index contributed by atoms with van der Waals surface area (Å²) in [5.74, 6) is 1.55. The highest BCUT2D eigenvalue weighted by molar-refractivity contribution is 6.30. The first-order chi connectivity index (χ1) is 16.1. The number of benzene rings is 2. The van der Waals surface area contributed by atoms with Crippen LogP contribution in [-0.2, 0) is 27.5 Å². The van der Waals surface area contributed by atoms with Crippen LogP contribution in [0.4, 0.5) is 0 Å². The Morgan fingerprint density at radius 3 is 2.45 bits per heavy atom. The number of ether oxygens (including phenoxy) is 2. The average molecular weight is 468 g/mol. The molecular formula is C27H30ClNO4. The Balaban J connectivity index is 1.29. The largest absolute Gasteiger partial charge is 0.459 e. The second kappa shape index (κ2) is 9.88. The van der Waals surface area contributed by atoms with E-state index in [1.165, 1.54) is 19.3 Å². The number of aliphatic hydroxyl groups is 1. The van der Waals surface area contributed by atoms with Gasteiger partial charge < -0.3 is 19.9 Å². The van der Waals surface area contributed by atoms with Crippen molar-refractivity contribution in [2.45, 2.75) is 63.6 Å². The van der Waals surface area contributed by atoms with E-state index in [0.717, 1.165) is 29.0 Å². The van der Waals surface area contributed by atoms with Crippen molar-refractivity contribution in [2.24, 2.45) is 11.8 Å². The lowest BCUT2D eigenvalue weighted by Crippen LogP contribution is -2.41. The number of hydrogen-bond acceptors (Lipinski definition) is 4. The van der Waals surface area contributed by atoms with Crippen molar-refractivity contribution in [3.8, 4) is 0 Å². The van der Waals surface area contributed by atoms with E-state index >= 15 is 0 Å². The van der Waals surface area contributed by atoms with Gasteiger partial charge in [0.15, 0.2) is 5.76 Å². The van der Waals surface area contributed by atoms with Gasteiger partial charge >= 0.3 is 0 Å². The maximum Gasteiger partial charge on any atom is 0.286 e. The van der Waals surface area contributed by atoms with Gasteiger partial charge in [0.1, 0.15) is 0 Å². The van der Waals surface area contributed by atoms with Crippen molar-refractivity contribution in [1.29, 1.82) is 0 Å². The molecule has 2 bridgehead atoms. The molecule has 0 aromatic heterocycles. The van der Waals surface area contributed by atoms with Crippen LogP contribution in [0.25, 0.3) is 0 Å². The van der Waals surface area contributed by atoms with Crippen molar-refractivity contribution in [3.05, 3.63) is 82.1 Å². The summed E-state index contributed by atoms with van der Waals surface area (Å²) in [5, 5.41) is 13.1. The van der Waals surface area contributed by atoms with Crippen LogP contribution in [-0.4, -0.2) is 23.3 Å². The first kappa shape index (κ1) is 22.5. The summed E-state index contributed by atoms with van der Waals surface area (Å²) in [6.07, 6.45) is 6.82. The van der Waals surface area contributed by atoms with E-state index in [2.05, 4.69) is 5.32 Å². The number of nitrogens with one attached hydrogen (secondary N) is 1. The molecule has 2 saturated carbocycles. The van der Waals surface area contributed by atoms with Gasteiger partial charge in [-0.2, -0.15) is 0 Å². The number of rotatable bonds is 7. The zero-order chi connectivity index (χ0) is 22.8. The Kier molecular flexibility index (Phi) is 6.72. The summed E-state index contributed by atoms with van der Waals surface area (Å²) in [5.41, 5.74) is 2.92. The molecule has 1 heterocycles. The Bertz CT molecular complexity index is 1000. The summed E-state index contributed by atoms with van der Waals surface area (Å²) >= 11 is 6.08. The van der Waals surface area contributed by atoms with Crippen LogP contribution in [0.2, 0.25) is 5.02 Å². The van der Waals surface area contributed by atoms with Crippen molar-refractivity contribution in [3.63, 3.8) is 0 Å². The van der Waals surface area contributed by atoms with Crippen LogP contribution < -0.4 is 5.32 Å². The third-order valence-electron chi connectivity index (χ3n) is 7.28. The van der Waals surface area contributed by atoms with Crippen molar-refractivity contribution in [2.75, 3.05) is 0 Å². The molecule has 0 radical (unpaired) electrons. The summed E-state index contributed by atoms with van der Waals surface area (Å²) in [4.78, 5) is 13.1. The number of amides is 1. The Labute approximate surface area is 199 Å². The lowest BCUT2D eigenvalue weighted by molar-refractivity contribution is -0.150. The standard InChI is InChI=1S/C27H30ClNO4/c28-23-9-7-20(8-10-23)22-13-25(27(31)29-24-12-19-5-6-21(24)11-19)33-26(14-22)32-16-18-3-1-17(15-30)2-4-18/h1-4,7-10,13,19,21-22,24,26,30H,5-6,11-12,14-16H2,(H,29,31)/t19?,21?,22-,24?,26+/m1/s1. The van der Waals surface area contributed by atoms with Crippen molar-refractivity contribution in [1.82, 2.24) is 5.32 Å². The molecule has 2 aromatic rings. The summed E-state index contributed by atoms with van der Waals surface area (Å²) < 4.78 is 12.1. The minimum atomic E-state index is -0.533. The van der Waals surface area contributed by atoms with Crippen LogP contribution in [0.1, 0.15) is 54.7 Å². The minimum absolute atomic E-state index is 0.00133. The molecule has 33 heavy (non-hydrogen) atoms. The van der Waals surface area contributed by atoms with Gasteiger partial charge in [0.2, 0.25) is 6.29 Å². The minimum Gasteiger partial charge on any atom is -0.459 e. The van der Waals surface area contributed by atoms with Gasteiger partial charge in [0.25, 0.3) is 5.91 Å². The predicted octanol–water partition coefficient (Wildman–Crippen LogP) is 5.07. The highest BCUT2D eigenvalue weighted by atomic mass is 35.5. The molecule has 2 aliphatic carbocycles. The molecule has 174 valence electrons. The molecule has 1 amide bonds. The second-order valence-corrected chi connectivity index (χ2v) is 9.95. The van der Waals surface area contributed by atoms with E-state index in [1.54, 1.807) is 0 Å². The third kappa shape index (κ3) is 5.26. The normalized spacial score (nSPS) is 28.3. The number of hydrogen-bond donors (Lipinski definition) is 2. The van der Waals surface area contributed by atoms with Gasteiger partial charge in [0, 0.05) is 23.4 Å². The summed E-state index contributed by atoms with van der Waals surface area (Å²) in [6, 6.07) is 15.6. The number of carbonyl (C=O) groups excluding carboxylic acids is 1. The topological polar surface area (TPSA) is 67.8 Å². The quantitative estimate of drug-likeness (QED) is 0.596. The summed E-state index contributed by atoms with van der Waals surface area (Å²) in [6.45, 7) is 0.381. The molecule has 0 spiro atoms. The fourth-order valence-electron chi connectivity index (χ4n) is 5.45. The van der Waals surface area contributed by atoms with E-state index < -0.39 is 6.29 Å². The van der Waals surface area contributed by atoms with Crippen LogP contribution in [0, 0.1) is 11.8 Å². The molecule has 2 fully saturated rings. The zero-order valence-electron chi connectivity index (χ0n) is 18.6. The van der Waals surface area contributed by atoms with E-state index in [4.69, 9.17) is 21.1 Å². The molecular weight excluding hydrogens is 438 g/mol. The molecule has 2 N–H and O–H groups in total. The molecule has 3 aliphatic rings. The van der Waals surface area contributed by atoms with Gasteiger partial charge in [-0.25, -0.2) is 0 Å². The van der Waals surface area contributed by atoms with Gasteiger partial charge in [-0.3, -0.25) is 4.79 Å². The maximum atomic E-state index is 13.1. The third-order valence-corrected chi connectivity index (χ3v) is 7.53. The average Bonchev–Trinajstić information content (AvgIpc) is 3.47. The fourth-order valence-corrected chi connectivity index (χ4v) is 5.58. The predicted molar refractivity (Wildman–Crippen MR) is 126 cm³/mol. The van der Waals surface area contributed by atoms with Crippen molar-refractivity contribution >= 4 is 17.5 Å². The van der Waals surface area contributed by atoms with Crippen molar-refractivity contribution < 1.29 is 19.4 Å². The second-order valence-electron chi connectivity index (χ2n) is 9.51. The number of carbonyl (C=O) groups is 1. The number of fused-ring (bicyclic) bond motifs is 2. The first-order valence-corrected chi connectivity index (χ1v) is 12.2. The molecule has 3 unspecified atom stereocenters. The zero-order valence-corrected chi connectivity index (χ0v) is 19.3. The Morgan fingerprint density at radius 1 is 1.03 bits per heavy atom. The van der Waals surface area contributed by atoms with E-state index in [0.29, 0.717) is 29.7 Å². The molecule has 5 atom stereocenters. The van der Waals surface area contributed by atoms with Crippen LogP contribution in [0.3, 0.4) is 0 Å². The first-order valence-electron chi connectivity index (χ1n) is 11.8. The highest BCUT2D eigenvalue weighted by Crippen LogP contribution is 2.44. The van der Waals surface area contributed by atoms with Gasteiger partial charge in [0.05, 0.1) is 13.2 Å². The summed E-state index contributed by atoms with van der Waals surface area (Å²) in [7, 11) is 0. The molecule has 5 rings (SSSR count). The van der Waals surface area contributed by atoms with Gasteiger partial charge in [-0.15, -0.1) is 0 Å². The fraction of sp³-hybridized carbons (Fsp3) is 0.444. The SMILES string of the molecule is O=C(NC1CC2CCC1C2)C1=C[C@@H](c2ccc(Cl)cc2)C[C@@H](OCc2ccc(CO)cc2)O1. The van der Waals surface area contributed by atoms with Crippen LogP contribution in [0.15, 0.2) is 60.4 Å². The molecule has 1 aliphatic heterocycles. The molecule has 6 heteroatoms. The number of aliphatic hydroxyl groups excluding tert-OH is 1. The van der Waals surface area contributed by atoms with Gasteiger partial charge in [-0.05, 0) is 66.0 Å². The number of allylic oxidation sites excluding steroid dienone is 1. The van der Waals surface area contributed by atoms with Gasteiger partial charge in [-0.1, -0.05) is 54.4 Å². The van der Waals surface area contributed by atoms with E-state index in [-0.39, 0.29) is 24.5 Å². The van der Waals surface area contributed by atoms with E-state index in [1.807, 2.05) is 54.6 Å². The van der Waals surface area contributed by atoms with E-state index in [9.17, 15) is 9.90 Å². The number of halogens is 1. The Hall–Kier alpha value is -2.34. The Morgan fingerprint density at radius 2 is 1.79 bits per heavy atom. The smallest absolute Gasteiger partial charge is 0.286 e. The van der Waals surface area contributed by atoms with Crippen LogP contribution in [0.5, 0.6) is 0 Å². The lowest BCUT2D eigenvalue weighted by atomic mass is 9.92. The molecule has 2 aromatic carbocycles. The maximum absolute atomic E-state index is 13.1. The molecule has 0 saturated heterocycles. The lowest BCUT2D eigenvalue weighted by Gasteiger charge is -2.31. The highest BCUT2D eigenvalue weighted by Gasteiger charge is 2.41. The molecule has 5 nitrogen and oxygen atoms in total. The van der Waals surface area contributed by atoms with Crippen LogP contribution >= 0.6 is 11.6 Å².